The van der Waals surface area contributed by atoms with Crippen LogP contribution in [0, 0.1) is 0 Å². The zero-order valence-electron chi connectivity index (χ0n) is 14.4. The molecule has 0 saturated heterocycles. The number of carboxylic acids is 1. The highest BCUT2D eigenvalue weighted by Gasteiger charge is 2.18. The number of aliphatic carboxylic acids is 1. The minimum atomic E-state index is -0.922. The molecule has 0 atom stereocenters. The number of halogens is 2. The molecule has 0 bridgehead atoms. The molecule has 2 aromatic carbocycles. The number of amides is 1. The topological polar surface area (TPSA) is 79.3 Å². The van der Waals surface area contributed by atoms with E-state index >= 15 is 0 Å². The van der Waals surface area contributed by atoms with Crippen LogP contribution < -0.4 is 5.32 Å². The number of aryl methyl sites for hydroxylation is 1. The summed E-state index contributed by atoms with van der Waals surface area (Å²) in [6, 6.07) is 10.1. The van der Waals surface area contributed by atoms with Crippen LogP contribution >= 0.6 is 23.2 Å². The van der Waals surface area contributed by atoms with Crippen molar-refractivity contribution in [1.29, 1.82) is 0 Å². The molecule has 0 aliphatic rings. The summed E-state index contributed by atoms with van der Waals surface area (Å²) < 4.78 is 0. The van der Waals surface area contributed by atoms with E-state index in [1.807, 2.05) is 6.92 Å². The molecular weight excluding hydrogens is 387 g/mol. The lowest BCUT2D eigenvalue weighted by molar-refractivity contribution is -0.136. The van der Waals surface area contributed by atoms with Gasteiger partial charge in [-0.15, -0.1) is 0 Å². The molecule has 7 heteroatoms. The zero-order valence-corrected chi connectivity index (χ0v) is 15.9. The van der Waals surface area contributed by atoms with Crippen molar-refractivity contribution in [2.45, 2.75) is 19.8 Å². The molecule has 1 aromatic heterocycles. The van der Waals surface area contributed by atoms with Gasteiger partial charge in [0.25, 0.3) is 5.91 Å². The number of carboxylic acid groups (broad SMARTS) is 1. The lowest BCUT2D eigenvalue weighted by atomic mass is 9.98. The maximum Gasteiger partial charge on any atom is 0.307 e. The fourth-order valence-electron chi connectivity index (χ4n) is 2.98. The fraction of sp³-hybridized carbons (Fsp3) is 0.150. The second-order valence-corrected chi connectivity index (χ2v) is 6.75. The maximum atomic E-state index is 12.7. The van der Waals surface area contributed by atoms with Crippen molar-refractivity contribution >= 4 is 51.7 Å². The summed E-state index contributed by atoms with van der Waals surface area (Å²) >= 11 is 12.2. The molecule has 27 heavy (non-hydrogen) atoms. The van der Waals surface area contributed by atoms with Crippen LogP contribution in [0.15, 0.2) is 42.6 Å². The van der Waals surface area contributed by atoms with Gasteiger partial charge < -0.3 is 10.4 Å². The first-order valence-corrected chi connectivity index (χ1v) is 9.04. The number of benzene rings is 2. The van der Waals surface area contributed by atoms with Gasteiger partial charge in [0.15, 0.2) is 0 Å². The second-order valence-electron chi connectivity index (χ2n) is 5.94. The Morgan fingerprint density at radius 1 is 1.11 bits per heavy atom. The van der Waals surface area contributed by atoms with Crippen LogP contribution in [-0.2, 0) is 17.6 Å². The van der Waals surface area contributed by atoms with Crippen LogP contribution in [-0.4, -0.2) is 22.0 Å². The Bertz CT molecular complexity index is 1030. The molecule has 0 fully saturated rings. The smallest absolute Gasteiger partial charge is 0.307 e. The summed E-state index contributed by atoms with van der Waals surface area (Å²) in [7, 11) is 0. The largest absolute Gasteiger partial charge is 0.481 e. The Morgan fingerprint density at radius 3 is 2.41 bits per heavy atom. The third-order valence-electron chi connectivity index (χ3n) is 4.25. The van der Waals surface area contributed by atoms with E-state index in [4.69, 9.17) is 23.2 Å². The molecule has 3 rings (SSSR count). The third-order valence-corrected chi connectivity index (χ3v) is 4.88. The van der Waals surface area contributed by atoms with Crippen molar-refractivity contribution in [2.75, 3.05) is 5.32 Å². The van der Waals surface area contributed by atoms with Gasteiger partial charge in [0, 0.05) is 11.6 Å². The second kappa shape index (κ2) is 7.94. The molecule has 138 valence electrons. The number of carbonyl (C=O) groups is 2. The maximum absolute atomic E-state index is 12.7. The molecule has 3 aromatic rings. The molecule has 0 unspecified atom stereocenters. The molecule has 1 heterocycles. The van der Waals surface area contributed by atoms with Crippen LogP contribution in [0.2, 0.25) is 10.0 Å². The molecule has 0 radical (unpaired) electrons. The number of aromatic nitrogens is 1. The molecule has 0 spiro atoms. The van der Waals surface area contributed by atoms with Crippen LogP contribution in [0.1, 0.15) is 28.4 Å². The van der Waals surface area contributed by atoms with Crippen molar-refractivity contribution in [1.82, 2.24) is 4.98 Å². The number of anilines is 1. The average Bonchev–Trinajstić information content (AvgIpc) is 2.62. The zero-order chi connectivity index (χ0) is 19.6. The summed E-state index contributed by atoms with van der Waals surface area (Å²) in [4.78, 5) is 28.4. The van der Waals surface area contributed by atoms with Gasteiger partial charge in [-0.3, -0.25) is 14.6 Å². The number of nitrogens with zero attached hydrogens (tertiary/aromatic N) is 1. The Hall–Kier alpha value is -2.63. The third kappa shape index (κ3) is 3.89. The van der Waals surface area contributed by atoms with E-state index in [1.165, 1.54) is 0 Å². The van der Waals surface area contributed by atoms with Gasteiger partial charge in [-0.25, -0.2) is 0 Å². The molecule has 2 N–H and O–H groups in total. The minimum absolute atomic E-state index is 0.115. The molecule has 5 nitrogen and oxygen atoms in total. The lowest BCUT2D eigenvalue weighted by Crippen LogP contribution is -2.14. The normalized spacial score (nSPS) is 10.8. The summed E-state index contributed by atoms with van der Waals surface area (Å²) in [5.41, 5.74) is 2.71. The molecule has 0 aliphatic heterocycles. The predicted molar refractivity (Wildman–Crippen MR) is 107 cm³/mol. The standard InChI is InChI=1S/C20H16Cl2N2O3/c1-2-11-10-23-19-12(13(11)9-17(25)26)5-3-8-16(19)24-20(27)18-14(21)6-4-7-15(18)22/h3-8,10H,2,9H2,1H3,(H,24,27)(H,25,26). The lowest BCUT2D eigenvalue weighted by Gasteiger charge is -2.14. The average molecular weight is 403 g/mol. The first-order chi connectivity index (χ1) is 12.9. The van der Waals surface area contributed by atoms with Crippen LogP contribution in [0.5, 0.6) is 0 Å². The van der Waals surface area contributed by atoms with Gasteiger partial charge in [-0.2, -0.15) is 0 Å². The summed E-state index contributed by atoms with van der Waals surface area (Å²) in [5, 5.41) is 13.2. The van der Waals surface area contributed by atoms with E-state index in [2.05, 4.69) is 10.3 Å². The number of fused-ring (bicyclic) bond motifs is 1. The first-order valence-electron chi connectivity index (χ1n) is 8.29. The van der Waals surface area contributed by atoms with E-state index in [0.29, 0.717) is 28.6 Å². The van der Waals surface area contributed by atoms with Gasteiger partial charge in [-0.1, -0.05) is 48.3 Å². The molecular formula is C20H16Cl2N2O3. The number of hydrogen-bond acceptors (Lipinski definition) is 3. The van der Waals surface area contributed by atoms with Gasteiger partial charge in [-0.05, 0) is 35.7 Å². The number of para-hydroxylation sites is 1. The van der Waals surface area contributed by atoms with Crippen LogP contribution in [0.25, 0.3) is 10.9 Å². The highest BCUT2D eigenvalue weighted by Crippen LogP contribution is 2.29. The van der Waals surface area contributed by atoms with Crippen molar-refractivity contribution in [3.8, 4) is 0 Å². The number of hydrogen-bond donors (Lipinski definition) is 2. The van der Waals surface area contributed by atoms with Crippen molar-refractivity contribution in [3.05, 3.63) is 69.3 Å². The van der Waals surface area contributed by atoms with E-state index in [1.54, 1.807) is 42.6 Å². The Balaban J connectivity index is 2.08. The van der Waals surface area contributed by atoms with Gasteiger partial charge >= 0.3 is 5.97 Å². The Kier molecular flexibility index (Phi) is 5.63. The molecule has 0 aliphatic carbocycles. The minimum Gasteiger partial charge on any atom is -0.481 e. The number of pyridine rings is 1. The van der Waals surface area contributed by atoms with Gasteiger partial charge in [0.2, 0.25) is 0 Å². The number of nitrogens with one attached hydrogen (secondary N) is 1. The van der Waals surface area contributed by atoms with Gasteiger partial charge in [0.1, 0.15) is 0 Å². The molecule has 0 saturated carbocycles. The van der Waals surface area contributed by atoms with Crippen molar-refractivity contribution in [2.24, 2.45) is 0 Å². The van der Waals surface area contributed by atoms with E-state index in [-0.39, 0.29) is 22.0 Å². The number of rotatable bonds is 5. The van der Waals surface area contributed by atoms with Gasteiger partial charge in [0.05, 0.1) is 33.2 Å². The number of carbonyl (C=O) groups excluding carboxylic acids is 1. The summed E-state index contributed by atoms with van der Waals surface area (Å²) in [5.74, 6) is -1.38. The summed E-state index contributed by atoms with van der Waals surface area (Å²) in [6.07, 6.45) is 2.20. The predicted octanol–water partition coefficient (Wildman–Crippen LogP) is 4.98. The highest BCUT2D eigenvalue weighted by molar-refractivity contribution is 6.40. The van der Waals surface area contributed by atoms with E-state index in [9.17, 15) is 14.7 Å². The Morgan fingerprint density at radius 2 is 1.78 bits per heavy atom. The quantitative estimate of drug-likeness (QED) is 0.630. The first kappa shape index (κ1) is 19.1. The Labute approximate surface area is 165 Å². The van der Waals surface area contributed by atoms with E-state index in [0.717, 1.165) is 5.56 Å². The summed E-state index contributed by atoms with van der Waals surface area (Å²) in [6.45, 7) is 1.94. The van der Waals surface area contributed by atoms with Crippen molar-refractivity contribution in [3.63, 3.8) is 0 Å². The van der Waals surface area contributed by atoms with Crippen LogP contribution in [0.4, 0.5) is 5.69 Å². The monoisotopic (exact) mass is 402 g/mol. The van der Waals surface area contributed by atoms with Crippen molar-refractivity contribution < 1.29 is 14.7 Å². The SMILES string of the molecule is CCc1cnc2c(NC(=O)c3c(Cl)cccc3Cl)cccc2c1CC(=O)O. The van der Waals surface area contributed by atoms with E-state index < -0.39 is 11.9 Å². The molecule has 1 amide bonds. The highest BCUT2D eigenvalue weighted by atomic mass is 35.5. The van der Waals surface area contributed by atoms with Crippen LogP contribution in [0.3, 0.4) is 0 Å². The fourth-order valence-corrected chi connectivity index (χ4v) is 3.55.